The molecule has 2 heterocycles. The van der Waals surface area contributed by atoms with Gasteiger partial charge in [0.1, 0.15) is 5.82 Å². The number of halogens is 3. The Kier molecular flexibility index (Phi) is 5.27. The summed E-state index contributed by atoms with van der Waals surface area (Å²) in [5, 5.41) is 3.49. The minimum absolute atomic E-state index is 0.0704. The number of ether oxygens (including phenoxy) is 1. The Morgan fingerprint density at radius 2 is 1.96 bits per heavy atom. The molecule has 1 atom stereocenters. The van der Waals surface area contributed by atoms with Crippen LogP contribution in [0.3, 0.4) is 0 Å². The maximum absolute atomic E-state index is 12.7. The first-order valence-electron chi connectivity index (χ1n) is 8.85. The number of rotatable bonds is 5. The zero-order valence-electron chi connectivity index (χ0n) is 15.2. The number of fused-ring (bicyclic) bond motifs is 1. The average Bonchev–Trinajstić information content (AvgIpc) is 2.99. The van der Waals surface area contributed by atoms with Crippen molar-refractivity contribution < 1.29 is 17.9 Å². The van der Waals surface area contributed by atoms with E-state index in [1.54, 1.807) is 19.2 Å². The van der Waals surface area contributed by atoms with Gasteiger partial charge < -0.3 is 14.6 Å². The zero-order valence-corrected chi connectivity index (χ0v) is 15.2. The molecule has 0 bridgehead atoms. The molecule has 2 aromatic rings. The molecule has 3 rings (SSSR count). The van der Waals surface area contributed by atoms with Crippen molar-refractivity contribution in [2.24, 2.45) is 0 Å². The van der Waals surface area contributed by atoms with Gasteiger partial charge in [-0.1, -0.05) is 26.0 Å². The molecule has 1 N–H and O–H groups in total. The highest BCUT2D eigenvalue weighted by Gasteiger charge is 2.31. The molecule has 0 aliphatic carbocycles. The summed E-state index contributed by atoms with van der Waals surface area (Å²) >= 11 is 0. The van der Waals surface area contributed by atoms with Crippen molar-refractivity contribution in [3.63, 3.8) is 0 Å². The third kappa shape index (κ3) is 3.72. The molecule has 7 heteroatoms. The minimum atomic E-state index is -4.30. The van der Waals surface area contributed by atoms with Crippen molar-refractivity contribution in [2.75, 3.05) is 13.7 Å². The van der Waals surface area contributed by atoms with E-state index >= 15 is 0 Å². The van der Waals surface area contributed by atoms with E-state index in [0.717, 1.165) is 48.7 Å². The standard InChI is InChI=1S/C19H24F3N3O/c1-12(2)17-24-18(26-3)16-15(23-10-11-25(16)17)9-6-13-4-7-14(8-5-13)19(20,21)22/h4-5,7-8,12,15,23H,6,9-11H2,1-3H3. The van der Waals surface area contributed by atoms with Crippen LogP contribution >= 0.6 is 0 Å². The van der Waals surface area contributed by atoms with Crippen LogP contribution in [0.1, 0.15) is 54.9 Å². The van der Waals surface area contributed by atoms with Crippen LogP contribution in [-0.4, -0.2) is 23.2 Å². The van der Waals surface area contributed by atoms with Crippen LogP contribution in [0.4, 0.5) is 13.2 Å². The maximum atomic E-state index is 12.7. The summed E-state index contributed by atoms with van der Waals surface area (Å²) in [5.74, 6) is 1.95. The monoisotopic (exact) mass is 367 g/mol. The number of methoxy groups -OCH3 is 1. The van der Waals surface area contributed by atoms with Crippen LogP contribution in [0.5, 0.6) is 5.88 Å². The van der Waals surface area contributed by atoms with E-state index in [9.17, 15) is 13.2 Å². The summed E-state index contributed by atoms with van der Waals surface area (Å²) in [7, 11) is 1.62. The fourth-order valence-corrected chi connectivity index (χ4v) is 3.48. The smallest absolute Gasteiger partial charge is 0.416 e. The number of nitrogens with zero attached hydrogens (tertiary/aromatic N) is 2. The molecule has 1 aromatic carbocycles. The molecule has 1 aromatic heterocycles. The Bertz CT molecular complexity index is 751. The Hall–Kier alpha value is -2.02. The molecule has 0 saturated heterocycles. The molecule has 0 radical (unpaired) electrons. The average molecular weight is 367 g/mol. The highest BCUT2D eigenvalue weighted by molar-refractivity contribution is 5.30. The number of benzene rings is 1. The number of hydrogen-bond acceptors (Lipinski definition) is 3. The Labute approximate surface area is 151 Å². The van der Waals surface area contributed by atoms with E-state index in [-0.39, 0.29) is 6.04 Å². The van der Waals surface area contributed by atoms with Crippen molar-refractivity contribution >= 4 is 0 Å². The van der Waals surface area contributed by atoms with Gasteiger partial charge in [0, 0.05) is 19.0 Å². The molecule has 0 fully saturated rings. The van der Waals surface area contributed by atoms with Crippen LogP contribution in [0, 0.1) is 0 Å². The number of alkyl halides is 3. The largest absolute Gasteiger partial charge is 0.480 e. The van der Waals surface area contributed by atoms with Crippen molar-refractivity contribution in [2.45, 2.75) is 51.4 Å². The van der Waals surface area contributed by atoms with Gasteiger partial charge in [0.05, 0.1) is 24.4 Å². The summed E-state index contributed by atoms with van der Waals surface area (Å²) in [6.45, 7) is 5.89. The van der Waals surface area contributed by atoms with Gasteiger partial charge in [0.2, 0.25) is 5.88 Å². The molecule has 0 spiro atoms. The fraction of sp³-hybridized carbons (Fsp3) is 0.526. The SMILES string of the molecule is COc1nc(C(C)C)n2c1C(CCc1ccc(C(F)(F)F)cc1)NCC2. The van der Waals surface area contributed by atoms with Crippen molar-refractivity contribution in [3.05, 3.63) is 46.9 Å². The fourth-order valence-electron chi connectivity index (χ4n) is 3.48. The number of aryl methyl sites for hydroxylation is 1. The molecule has 4 nitrogen and oxygen atoms in total. The van der Waals surface area contributed by atoms with E-state index in [4.69, 9.17) is 4.74 Å². The van der Waals surface area contributed by atoms with E-state index in [0.29, 0.717) is 18.2 Å². The predicted octanol–water partition coefficient (Wildman–Crippen LogP) is 4.31. The molecule has 26 heavy (non-hydrogen) atoms. The van der Waals surface area contributed by atoms with Crippen molar-refractivity contribution in [1.82, 2.24) is 14.9 Å². The van der Waals surface area contributed by atoms with Gasteiger partial charge in [-0.05, 0) is 30.5 Å². The zero-order chi connectivity index (χ0) is 18.9. The van der Waals surface area contributed by atoms with Gasteiger partial charge in [-0.25, -0.2) is 0 Å². The van der Waals surface area contributed by atoms with E-state index in [2.05, 4.69) is 28.7 Å². The summed E-state index contributed by atoms with van der Waals surface area (Å²) in [6.07, 6.45) is -2.84. The number of nitrogens with one attached hydrogen (secondary N) is 1. The molecule has 0 amide bonds. The lowest BCUT2D eigenvalue weighted by atomic mass is 10.0. The Morgan fingerprint density at radius 1 is 1.27 bits per heavy atom. The highest BCUT2D eigenvalue weighted by Crippen LogP contribution is 2.34. The van der Waals surface area contributed by atoms with Crippen LogP contribution in [-0.2, 0) is 19.1 Å². The minimum Gasteiger partial charge on any atom is -0.480 e. The second kappa shape index (κ2) is 7.31. The molecule has 142 valence electrons. The third-order valence-corrected chi connectivity index (χ3v) is 4.77. The molecular formula is C19H24F3N3O. The van der Waals surface area contributed by atoms with Gasteiger partial charge in [-0.3, -0.25) is 0 Å². The molecule has 1 unspecified atom stereocenters. The van der Waals surface area contributed by atoms with E-state index in [1.807, 2.05) is 0 Å². The van der Waals surface area contributed by atoms with Crippen LogP contribution in [0.15, 0.2) is 24.3 Å². The van der Waals surface area contributed by atoms with Crippen LogP contribution < -0.4 is 10.1 Å². The first-order valence-corrected chi connectivity index (χ1v) is 8.85. The maximum Gasteiger partial charge on any atom is 0.416 e. The van der Waals surface area contributed by atoms with Gasteiger partial charge in [-0.2, -0.15) is 18.2 Å². The van der Waals surface area contributed by atoms with Gasteiger partial charge in [0.25, 0.3) is 0 Å². The number of imidazole rings is 1. The first kappa shape index (κ1) is 18.8. The Balaban J connectivity index is 1.76. The summed E-state index contributed by atoms with van der Waals surface area (Å²) in [5.41, 5.74) is 1.31. The topological polar surface area (TPSA) is 39.1 Å². The summed E-state index contributed by atoms with van der Waals surface area (Å²) < 4.78 is 45.7. The molecular weight excluding hydrogens is 343 g/mol. The van der Waals surface area contributed by atoms with Gasteiger partial charge >= 0.3 is 6.18 Å². The number of hydrogen-bond donors (Lipinski definition) is 1. The quantitative estimate of drug-likeness (QED) is 0.856. The van der Waals surface area contributed by atoms with E-state index < -0.39 is 11.7 Å². The van der Waals surface area contributed by atoms with Crippen molar-refractivity contribution in [1.29, 1.82) is 0 Å². The summed E-state index contributed by atoms with van der Waals surface area (Å²) in [4.78, 5) is 4.63. The first-order chi connectivity index (χ1) is 12.3. The number of aromatic nitrogens is 2. The lowest BCUT2D eigenvalue weighted by molar-refractivity contribution is -0.137. The van der Waals surface area contributed by atoms with Gasteiger partial charge in [0.15, 0.2) is 0 Å². The third-order valence-electron chi connectivity index (χ3n) is 4.77. The second-order valence-corrected chi connectivity index (χ2v) is 6.91. The van der Waals surface area contributed by atoms with Crippen LogP contribution in [0.2, 0.25) is 0 Å². The van der Waals surface area contributed by atoms with Gasteiger partial charge in [-0.15, -0.1) is 0 Å². The normalized spacial score (nSPS) is 17.4. The second-order valence-electron chi connectivity index (χ2n) is 6.91. The summed E-state index contributed by atoms with van der Waals surface area (Å²) in [6, 6.07) is 5.47. The molecule has 0 saturated carbocycles. The highest BCUT2D eigenvalue weighted by atomic mass is 19.4. The molecule has 1 aliphatic heterocycles. The Morgan fingerprint density at radius 3 is 2.54 bits per heavy atom. The van der Waals surface area contributed by atoms with E-state index in [1.165, 1.54) is 0 Å². The van der Waals surface area contributed by atoms with Crippen molar-refractivity contribution in [3.8, 4) is 5.88 Å². The predicted molar refractivity (Wildman–Crippen MR) is 93.4 cm³/mol. The molecule has 1 aliphatic rings. The lowest BCUT2D eigenvalue weighted by Gasteiger charge is -2.27. The van der Waals surface area contributed by atoms with Crippen LogP contribution in [0.25, 0.3) is 0 Å². The lowest BCUT2D eigenvalue weighted by Crippen LogP contribution is -2.34.